The van der Waals surface area contributed by atoms with Crippen LogP contribution < -0.4 is 15.4 Å². The molecule has 0 heterocycles. The van der Waals surface area contributed by atoms with Gasteiger partial charge in [0, 0.05) is 11.7 Å². The van der Waals surface area contributed by atoms with Crippen LogP contribution in [0.5, 0.6) is 5.75 Å². The van der Waals surface area contributed by atoms with Gasteiger partial charge in [0.2, 0.25) is 5.91 Å². The fourth-order valence-electron chi connectivity index (χ4n) is 4.06. The number of carbonyl (C=O) groups excluding carboxylic acids is 3. The number of amides is 3. The van der Waals surface area contributed by atoms with Crippen molar-refractivity contribution in [1.29, 1.82) is 0 Å². The minimum Gasteiger partial charge on any atom is -0.497 e. The van der Waals surface area contributed by atoms with E-state index in [0.29, 0.717) is 23.4 Å². The normalized spacial score (nSPS) is 13.6. The van der Waals surface area contributed by atoms with E-state index in [-0.39, 0.29) is 17.9 Å². The number of aryl methyl sites for hydroxylation is 2. The summed E-state index contributed by atoms with van der Waals surface area (Å²) in [4.78, 5) is 41.6. The van der Waals surface area contributed by atoms with Crippen molar-refractivity contribution in [3.05, 3.63) is 59.2 Å². The molecule has 3 atom stereocenters. The number of anilines is 1. The van der Waals surface area contributed by atoms with Crippen LogP contribution in [-0.2, 0) is 14.3 Å². The Kier molecular flexibility index (Phi) is 10.1. The number of hydrogen-bond donors (Lipinski definition) is 2. The van der Waals surface area contributed by atoms with Crippen LogP contribution in [-0.4, -0.2) is 47.6 Å². The maximum absolute atomic E-state index is 13.8. The van der Waals surface area contributed by atoms with Gasteiger partial charge < -0.3 is 25.0 Å². The fourth-order valence-corrected chi connectivity index (χ4v) is 4.06. The molecule has 0 radical (unpaired) electrons. The molecule has 2 rings (SSSR count). The molecule has 0 aliphatic carbocycles. The zero-order valence-corrected chi connectivity index (χ0v) is 23.5. The summed E-state index contributed by atoms with van der Waals surface area (Å²) in [6.45, 7) is 14.6. The Morgan fingerprint density at radius 2 is 1.54 bits per heavy atom. The smallest absolute Gasteiger partial charge is 0.408 e. The predicted molar refractivity (Wildman–Crippen MR) is 146 cm³/mol. The molecule has 0 bridgehead atoms. The lowest BCUT2D eigenvalue weighted by molar-refractivity contribution is -0.143. The first-order valence-corrected chi connectivity index (χ1v) is 12.6. The second kappa shape index (κ2) is 12.6. The van der Waals surface area contributed by atoms with Crippen LogP contribution in [0.2, 0.25) is 0 Å². The zero-order valence-electron chi connectivity index (χ0n) is 23.5. The van der Waals surface area contributed by atoms with E-state index in [0.717, 1.165) is 11.1 Å². The lowest BCUT2D eigenvalue weighted by Gasteiger charge is -2.37. The van der Waals surface area contributed by atoms with E-state index in [9.17, 15) is 14.4 Å². The Bertz CT molecular complexity index is 1070. The number of rotatable bonds is 9. The van der Waals surface area contributed by atoms with Gasteiger partial charge >= 0.3 is 6.09 Å². The third kappa shape index (κ3) is 8.51. The van der Waals surface area contributed by atoms with E-state index in [1.165, 1.54) is 0 Å². The third-order valence-corrected chi connectivity index (χ3v) is 5.87. The Morgan fingerprint density at radius 3 is 2.03 bits per heavy atom. The molecule has 0 aromatic heterocycles. The highest BCUT2D eigenvalue weighted by Crippen LogP contribution is 2.29. The van der Waals surface area contributed by atoms with Crippen molar-refractivity contribution in [2.75, 3.05) is 12.4 Å². The van der Waals surface area contributed by atoms with Gasteiger partial charge in [-0.1, -0.05) is 36.2 Å². The van der Waals surface area contributed by atoms with Gasteiger partial charge in [-0.05, 0) is 84.7 Å². The summed E-state index contributed by atoms with van der Waals surface area (Å²) in [6, 6.07) is 10.7. The number of benzene rings is 2. The van der Waals surface area contributed by atoms with Crippen LogP contribution in [0.3, 0.4) is 0 Å². The van der Waals surface area contributed by atoms with Crippen LogP contribution in [0.1, 0.15) is 70.7 Å². The summed E-state index contributed by atoms with van der Waals surface area (Å²) in [5.41, 5.74) is 2.53. The first-order chi connectivity index (χ1) is 17.2. The van der Waals surface area contributed by atoms with Crippen molar-refractivity contribution in [2.24, 2.45) is 0 Å². The Morgan fingerprint density at radius 1 is 0.973 bits per heavy atom. The maximum atomic E-state index is 13.8. The van der Waals surface area contributed by atoms with Crippen LogP contribution >= 0.6 is 0 Å². The number of ether oxygens (including phenoxy) is 2. The monoisotopic (exact) mass is 511 g/mol. The molecule has 2 aromatic carbocycles. The summed E-state index contributed by atoms with van der Waals surface area (Å²) in [5.74, 6) is -0.0650. The van der Waals surface area contributed by atoms with Crippen molar-refractivity contribution in [1.82, 2.24) is 10.2 Å². The maximum Gasteiger partial charge on any atom is 0.408 e. The fraction of sp³-hybridized carbons (Fsp3) is 0.483. The molecule has 2 N–H and O–H groups in total. The Balaban J connectivity index is 2.49. The van der Waals surface area contributed by atoms with Gasteiger partial charge in [0.1, 0.15) is 23.4 Å². The second-order valence-corrected chi connectivity index (χ2v) is 10.4. The second-order valence-electron chi connectivity index (χ2n) is 10.4. The molecule has 8 nitrogen and oxygen atoms in total. The molecule has 0 fully saturated rings. The van der Waals surface area contributed by atoms with E-state index in [1.54, 1.807) is 64.0 Å². The highest BCUT2D eigenvalue weighted by atomic mass is 16.6. The SMILES string of the molecule is CCC(C)N(C(=O)C(C)NC(=O)OC(C)(C)C)C(C(=O)Nc1ccc(OC)cc1)c1cc(C)cc(C)c1. The van der Waals surface area contributed by atoms with Gasteiger partial charge in [0.15, 0.2) is 0 Å². The van der Waals surface area contributed by atoms with Gasteiger partial charge in [0.05, 0.1) is 7.11 Å². The first-order valence-electron chi connectivity index (χ1n) is 12.6. The van der Waals surface area contributed by atoms with Crippen LogP contribution in [0.15, 0.2) is 42.5 Å². The Labute approximate surface area is 220 Å². The van der Waals surface area contributed by atoms with Crippen molar-refractivity contribution in [3.63, 3.8) is 0 Å². The van der Waals surface area contributed by atoms with Crippen molar-refractivity contribution in [3.8, 4) is 5.75 Å². The molecule has 8 heteroatoms. The summed E-state index contributed by atoms with van der Waals surface area (Å²) < 4.78 is 10.5. The highest BCUT2D eigenvalue weighted by molar-refractivity contribution is 5.99. The van der Waals surface area contributed by atoms with E-state index in [2.05, 4.69) is 10.6 Å². The third-order valence-electron chi connectivity index (χ3n) is 5.87. The number of carbonyl (C=O) groups is 3. The molecule has 0 aliphatic heterocycles. The van der Waals surface area contributed by atoms with E-state index in [1.807, 2.05) is 45.9 Å². The van der Waals surface area contributed by atoms with Crippen molar-refractivity contribution in [2.45, 2.75) is 85.5 Å². The molecule has 37 heavy (non-hydrogen) atoms. The lowest BCUT2D eigenvalue weighted by Crippen LogP contribution is -2.53. The minimum absolute atomic E-state index is 0.289. The highest BCUT2D eigenvalue weighted by Gasteiger charge is 2.37. The van der Waals surface area contributed by atoms with Crippen LogP contribution in [0, 0.1) is 13.8 Å². The van der Waals surface area contributed by atoms with Gasteiger partial charge in [0.25, 0.3) is 5.91 Å². The summed E-state index contributed by atoms with van der Waals surface area (Å²) >= 11 is 0. The quantitative estimate of drug-likeness (QED) is 0.461. The van der Waals surface area contributed by atoms with Gasteiger partial charge in [-0.2, -0.15) is 0 Å². The molecular formula is C29H41N3O5. The number of alkyl carbamates (subject to hydrolysis) is 1. The first kappa shape index (κ1) is 29.7. The number of methoxy groups -OCH3 is 1. The molecule has 3 amide bonds. The molecule has 0 spiro atoms. The van der Waals surface area contributed by atoms with Crippen LogP contribution in [0.4, 0.5) is 10.5 Å². The Hall–Kier alpha value is -3.55. The summed E-state index contributed by atoms with van der Waals surface area (Å²) in [7, 11) is 1.58. The predicted octanol–water partition coefficient (Wildman–Crippen LogP) is 5.53. The van der Waals surface area contributed by atoms with Gasteiger partial charge in [-0.25, -0.2) is 4.79 Å². The molecule has 0 saturated carbocycles. The standard InChI is InChI=1S/C29H41N3O5/c1-10-20(4)32(27(34)21(5)30-28(35)37-29(6,7)8)25(22-16-18(2)15-19(3)17-22)26(33)31-23-11-13-24(36-9)14-12-23/h11-17,20-21,25H,10H2,1-9H3,(H,30,35)(H,31,33). The molecule has 202 valence electrons. The van der Waals surface area contributed by atoms with Gasteiger partial charge in [-0.3, -0.25) is 9.59 Å². The average molecular weight is 512 g/mol. The van der Waals surface area contributed by atoms with Crippen molar-refractivity contribution < 1.29 is 23.9 Å². The molecule has 3 unspecified atom stereocenters. The number of nitrogens with zero attached hydrogens (tertiary/aromatic N) is 1. The zero-order chi connectivity index (χ0) is 27.9. The van der Waals surface area contributed by atoms with Gasteiger partial charge in [-0.15, -0.1) is 0 Å². The summed E-state index contributed by atoms with van der Waals surface area (Å²) in [6.07, 6.45) is -0.0785. The molecule has 2 aromatic rings. The number of hydrogen-bond acceptors (Lipinski definition) is 5. The molecule has 0 saturated heterocycles. The van der Waals surface area contributed by atoms with E-state index < -0.39 is 23.8 Å². The van der Waals surface area contributed by atoms with Crippen LogP contribution in [0.25, 0.3) is 0 Å². The molecule has 0 aliphatic rings. The molecular weight excluding hydrogens is 470 g/mol. The van der Waals surface area contributed by atoms with Crippen molar-refractivity contribution >= 4 is 23.6 Å². The largest absolute Gasteiger partial charge is 0.497 e. The topological polar surface area (TPSA) is 97.0 Å². The summed E-state index contributed by atoms with van der Waals surface area (Å²) in [5, 5.41) is 5.58. The average Bonchev–Trinajstić information content (AvgIpc) is 2.79. The minimum atomic E-state index is -0.925. The van der Waals surface area contributed by atoms with E-state index >= 15 is 0 Å². The number of nitrogens with one attached hydrogen (secondary N) is 2. The van der Waals surface area contributed by atoms with E-state index in [4.69, 9.17) is 9.47 Å². The lowest BCUT2D eigenvalue weighted by atomic mass is 9.96.